The first kappa shape index (κ1) is 58.4. The normalized spacial score (nSPS) is 11.8. The highest BCUT2D eigenvalue weighted by Crippen LogP contribution is 2.52. The number of H-pyrrole nitrogens is 1. The lowest BCUT2D eigenvalue weighted by molar-refractivity contribution is 1.17. The van der Waals surface area contributed by atoms with Crippen molar-refractivity contribution in [2.45, 2.75) is 0 Å². The number of aromatic amines is 1. The van der Waals surface area contributed by atoms with Crippen molar-refractivity contribution in [1.29, 1.82) is 0 Å². The third-order valence-electron chi connectivity index (χ3n) is 20.8. The first-order valence-electron chi connectivity index (χ1n) is 34.6. The molecule has 472 valence electrons. The molecular weight excluding hydrogens is 1290 g/mol. The number of hydrogen-bond acceptors (Lipinski definition) is 2. The Bertz CT molecular complexity index is 6680. The van der Waals surface area contributed by atoms with Crippen LogP contribution in [0.4, 0.5) is 34.1 Å². The molecule has 22 rings (SSSR count). The number of hydrogen-bond donors (Lipinski definition) is 1. The van der Waals surface area contributed by atoms with Gasteiger partial charge in [0, 0.05) is 87.6 Å². The third kappa shape index (κ3) is 9.57. The van der Waals surface area contributed by atoms with Crippen LogP contribution in [-0.4, -0.2) is 9.55 Å². The molecule has 0 radical (unpaired) electrons. The van der Waals surface area contributed by atoms with Gasteiger partial charge in [0.2, 0.25) is 0 Å². The van der Waals surface area contributed by atoms with E-state index in [-0.39, 0.29) is 0 Å². The molecule has 0 saturated carbocycles. The van der Waals surface area contributed by atoms with Crippen LogP contribution in [0.15, 0.2) is 368 Å². The fraction of sp³-hybridized carbons (Fsp3) is 0. The lowest BCUT2D eigenvalue weighted by Crippen LogP contribution is -2.10. The molecule has 0 saturated heterocycles. The quantitative estimate of drug-likeness (QED) is 0.146. The maximum absolute atomic E-state index is 3.65. The van der Waals surface area contributed by atoms with E-state index in [1.807, 2.05) is 18.2 Å². The minimum absolute atomic E-state index is 1.07. The summed E-state index contributed by atoms with van der Waals surface area (Å²) in [5, 5.41) is 21.4. The van der Waals surface area contributed by atoms with Crippen molar-refractivity contribution in [2.75, 3.05) is 9.80 Å². The molecule has 101 heavy (non-hydrogen) atoms. The van der Waals surface area contributed by atoms with Gasteiger partial charge in [0.25, 0.3) is 0 Å². The van der Waals surface area contributed by atoms with Crippen LogP contribution in [0.2, 0.25) is 0 Å². The van der Waals surface area contributed by atoms with Gasteiger partial charge < -0.3 is 19.4 Å². The van der Waals surface area contributed by atoms with Gasteiger partial charge in [-0.15, -0.1) is 0 Å². The number of nitrogens with one attached hydrogen (secondary N) is 1. The summed E-state index contributed by atoms with van der Waals surface area (Å²) in [7, 11) is 0. The summed E-state index contributed by atoms with van der Waals surface area (Å²) in [6.45, 7) is 0. The van der Waals surface area contributed by atoms with Crippen LogP contribution < -0.4 is 9.80 Å². The van der Waals surface area contributed by atoms with Gasteiger partial charge in [-0.05, 0) is 208 Å². The second kappa shape index (κ2) is 23.7. The van der Waals surface area contributed by atoms with Gasteiger partial charge >= 0.3 is 0 Å². The van der Waals surface area contributed by atoms with E-state index in [0.717, 1.165) is 44.3 Å². The molecule has 0 fully saturated rings. The van der Waals surface area contributed by atoms with Crippen LogP contribution in [0.25, 0.3) is 158 Å². The second-order valence-electron chi connectivity index (χ2n) is 26.5. The van der Waals surface area contributed by atoms with Gasteiger partial charge in [-0.3, -0.25) is 0 Å². The first-order chi connectivity index (χ1) is 50.0. The molecule has 2 aliphatic rings. The summed E-state index contributed by atoms with van der Waals surface area (Å²) in [4.78, 5) is 8.27. The van der Waals surface area contributed by atoms with Crippen LogP contribution in [0.5, 0.6) is 0 Å². The van der Waals surface area contributed by atoms with Crippen molar-refractivity contribution >= 4 is 158 Å². The lowest BCUT2D eigenvalue weighted by atomic mass is 9.93. The monoisotopic (exact) mass is 1350 g/mol. The molecule has 0 aliphatic heterocycles. The van der Waals surface area contributed by atoms with Gasteiger partial charge in [0.05, 0.1) is 11.0 Å². The molecule has 0 spiro atoms. The Morgan fingerprint density at radius 2 is 0.535 bits per heavy atom. The highest BCUT2D eigenvalue weighted by atomic mass is 79.9. The summed E-state index contributed by atoms with van der Waals surface area (Å²) in [6, 6.07) is 131. The van der Waals surface area contributed by atoms with Crippen molar-refractivity contribution in [1.82, 2.24) is 9.55 Å². The van der Waals surface area contributed by atoms with Crippen LogP contribution in [0, 0.1) is 0 Å². The molecule has 5 heteroatoms. The third-order valence-corrected chi connectivity index (χ3v) is 21.3. The number of nitrogens with zero attached hydrogens (tertiary/aromatic N) is 3. The van der Waals surface area contributed by atoms with Crippen LogP contribution >= 0.6 is 15.9 Å². The molecule has 4 nitrogen and oxygen atoms in total. The summed E-state index contributed by atoms with van der Waals surface area (Å²) in [6.07, 6.45) is 0. The van der Waals surface area contributed by atoms with Crippen molar-refractivity contribution in [2.24, 2.45) is 0 Å². The molecule has 0 amide bonds. The topological polar surface area (TPSA) is 27.2 Å². The lowest BCUT2D eigenvalue weighted by Gasteiger charge is -2.26. The maximum atomic E-state index is 3.65. The highest BCUT2D eigenvalue weighted by Gasteiger charge is 2.26. The van der Waals surface area contributed by atoms with Crippen LogP contribution in [0.1, 0.15) is 0 Å². The van der Waals surface area contributed by atoms with Gasteiger partial charge in [0.15, 0.2) is 0 Å². The molecule has 2 aromatic heterocycles. The zero-order valence-corrected chi connectivity index (χ0v) is 56.4. The van der Waals surface area contributed by atoms with Gasteiger partial charge in [0.1, 0.15) is 0 Å². The number of anilines is 6. The Kier molecular flexibility index (Phi) is 13.7. The zero-order chi connectivity index (χ0) is 66.7. The first-order valence-corrected chi connectivity index (χ1v) is 35.4. The van der Waals surface area contributed by atoms with Crippen molar-refractivity contribution in [3.63, 3.8) is 0 Å². The van der Waals surface area contributed by atoms with Gasteiger partial charge in [-0.2, -0.15) is 0 Å². The number of rotatable bonds is 9. The predicted octanol–water partition coefficient (Wildman–Crippen LogP) is 27.7. The second-order valence-corrected chi connectivity index (χ2v) is 27.4. The molecule has 1 N–H and O–H groups in total. The number of para-hydroxylation sites is 2. The van der Waals surface area contributed by atoms with E-state index in [2.05, 4.69) is 381 Å². The zero-order valence-electron chi connectivity index (χ0n) is 54.9. The Labute approximate surface area is 592 Å². The van der Waals surface area contributed by atoms with Crippen molar-refractivity contribution in [3.8, 4) is 50.2 Å². The highest BCUT2D eigenvalue weighted by molar-refractivity contribution is 9.10. The van der Waals surface area contributed by atoms with Crippen molar-refractivity contribution in [3.05, 3.63) is 368 Å². The summed E-state index contributed by atoms with van der Waals surface area (Å²) in [5.41, 5.74) is 23.0. The summed E-state index contributed by atoms with van der Waals surface area (Å²) in [5.74, 6) is 0. The Morgan fingerprint density at radius 3 is 0.990 bits per heavy atom. The average Bonchev–Trinajstić information content (AvgIpc) is 1.54. The van der Waals surface area contributed by atoms with E-state index in [1.165, 1.54) is 153 Å². The minimum Gasteiger partial charge on any atom is -0.354 e. The van der Waals surface area contributed by atoms with Gasteiger partial charge in [-0.25, -0.2) is 0 Å². The minimum atomic E-state index is 1.07. The SMILES string of the molecule is Brc1cccc(N(c2ccccc2)c2ccc(-c3ccccc3)cc2)c1.c1cc2c3c(c1)ccc1ccc4[nH]c5ccc6cccc-2c6c5c4c13.c1ccc(-c2ccc(N(c3ccccc3)c3cccc(-n4c5ccc6cccc7c6c5c5c6c(ccc8cccc-7c86)ccc54)c3)cc2)cc1. The number of benzene rings is 18. The molecule has 2 heterocycles. The molecule has 2 aliphatic carbocycles. The van der Waals surface area contributed by atoms with Crippen LogP contribution in [-0.2, 0) is 0 Å². The molecule has 0 unspecified atom stereocenters. The number of fused-ring (bicyclic) bond motifs is 2. The molecule has 0 bridgehead atoms. The van der Waals surface area contributed by atoms with E-state index in [0.29, 0.717) is 0 Å². The predicted molar refractivity (Wildman–Crippen MR) is 434 cm³/mol. The van der Waals surface area contributed by atoms with E-state index in [9.17, 15) is 0 Å². The van der Waals surface area contributed by atoms with E-state index < -0.39 is 0 Å². The summed E-state index contributed by atoms with van der Waals surface area (Å²) >= 11 is 3.59. The standard InChI is InChI=1S/C48H30N2.C24H18BrN.C24H13N/c1-3-10-31(11-4-1)32-22-26-37(27-23-32)49(36-14-5-2-6-15-36)38-16-9-17-39(30-38)50-42-28-24-34-13-8-19-41-40-18-7-12-33-20-21-35-25-29-43(50)48(46(35)44(33)40)47(42)45(34)41;25-21-10-7-13-24(18-21)26(22-11-5-2-6-12-22)23-16-14-20(15-17-23)19-8-3-1-4-9-19;1-3-13-7-8-15-10-12-19-24-22(15)20(13)16(5-1)17-6-2-4-14-9-11-18(25-19)23(24)21(14)17/h1-30H;1-18H;1-12,25H. The smallest absolute Gasteiger partial charge is 0.0548 e. The van der Waals surface area contributed by atoms with E-state index in [4.69, 9.17) is 0 Å². The number of halogens is 1. The Hall–Kier alpha value is -12.8. The average molecular weight is 1350 g/mol. The summed E-state index contributed by atoms with van der Waals surface area (Å²) < 4.78 is 3.55. The van der Waals surface area contributed by atoms with Gasteiger partial charge in [-0.1, -0.05) is 271 Å². The van der Waals surface area contributed by atoms with Crippen LogP contribution in [0.3, 0.4) is 0 Å². The Balaban J connectivity index is 0.000000113. The Morgan fingerprint density at radius 1 is 0.218 bits per heavy atom. The molecule has 20 aromatic rings. The van der Waals surface area contributed by atoms with E-state index in [1.54, 1.807) is 0 Å². The fourth-order valence-corrected chi connectivity index (χ4v) is 16.9. The largest absolute Gasteiger partial charge is 0.354 e. The van der Waals surface area contributed by atoms with E-state index >= 15 is 0 Å². The van der Waals surface area contributed by atoms with Crippen molar-refractivity contribution < 1.29 is 0 Å². The number of aromatic nitrogens is 2. The molecular formula is C96H61BrN4. The molecule has 0 atom stereocenters. The maximum Gasteiger partial charge on any atom is 0.0548 e. The fourth-order valence-electron chi connectivity index (χ4n) is 16.5. The molecule has 18 aromatic carbocycles.